The molecule has 0 N–H and O–H groups in total. The number of hydrogen-bond donors (Lipinski definition) is 0. The predicted molar refractivity (Wildman–Crippen MR) is 141 cm³/mol. The number of pyridine rings is 1. The molecule has 0 bridgehead atoms. The number of rotatable bonds is 7. The number of benzene rings is 2. The number of piperazine rings is 1. The molecule has 5 rings (SSSR count). The van der Waals surface area contributed by atoms with Gasteiger partial charge in [0.05, 0.1) is 25.6 Å². The number of fused-ring (bicyclic) bond motifs is 1. The minimum Gasteiger partial charge on any atom is -0.496 e. The highest BCUT2D eigenvalue weighted by Gasteiger charge is 2.29. The highest BCUT2D eigenvalue weighted by Crippen LogP contribution is 2.36. The number of amides is 1. The topological polar surface area (TPSA) is 59.3 Å². The third-order valence-electron chi connectivity index (χ3n) is 7.01. The van der Waals surface area contributed by atoms with Crippen LogP contribution in [0.4, 0.5) is 5.69 Å². The second-order valence-electron chi connectivity index (χ2n) is 9.15. The molecule has 0 aliphatic carbocycles. The minimum atomic E-state index is -0.182. The van der Waals surface area contributed by atoms with Crippen LogP contribution in [0.5, 0.6) is 11.5 Å². The second kappa shape index (κ2) is 10.3. The van der Waals surface area contributed by atoms with Crippen molar-refractivity contribution in [2.45, 2.75) is 19.3 Å². The first kappa shape index (κ1) is 23.7. The van der Waals surface area contributed by atoms with Crippen LogP contribution >= 0.6 is 0 Å². The van der Waals surface area contributed by atoms with E-state index >= 15 is 0 Å². The van der Waals surface area contributed by atoms with Crippen molar-refractivity contribution in [1.82, 2.24) is 14.3 Å². The summed E-state index contributed by atoms with van der Waals surface area (Å²) < 4.78 is 13.3. The van der Waals surface area contributed by atoms with Gasteiger partial charge in [-0.3, -0.25) is 4.79 Å². The van der Waals surface area contributed by atoms with E-state index in [1.807, 2.05) is 59.8 Å². The average molecular weight is 485 g/mol. The van der Waals surface area contributed by atoms with E-state index in [1.54, 1.807) is 14.2 Å². The Morgan fingerprint density at radius 2 is 1.64 bits per heavy atom. The van der Waals surface area contributed by atoms with Crippen molar-refractivity contribution in [3.63, 3.8) is 0 Å². The van der Waals surface area contributed by atoms with Crippen molar-refractivity contribution in [1.29, 1.82) is 0 Å². The molecule has 1 amide bonds. The van der Waals surface area contributed by atoms with Gasteiger partial charge in [0, 0.05) is 56.5 Å². The summed E-state index contributed by atoms with van der Waals surface area (Å²) >= 11 is 0. The van der Waals surface area contributed by atoms with Crippen molar-refractivity contribution in [3.8, 4) is 11.5 Å². The number of para-hydroxylation sites is 3. The van der Waals surface area contributed by atoms with Crippen LogP contribution in [0.15, 0.2) is 73.1 Å². The Balaban J connectivity index is 1.39. The second-order valence-corrected chi connectivity index (χ2v) is 9.15. The van der Waals surface area contributed by atoms with Crippen LogP contribution in [0.2, 0.25) is 0 Å². The summed E-state index contributed by atoms with van der Waals surface area (Å²) in [6.45, 7) is 4.92. The SMILES string of the molecule is COc1ccccc1C(CC(=O)N1CCN(c2ccccc2OC)CC1)c1cnc2cc(C)ccn12. The average Bonchev–Trinajstić information content (AvgIpc) is 3.34. The number of aryl methyl sites for hydroxylation is 1. The van der Waals surface area contributed by atoms with Gasteiger partial charge in [0.2, 0.25) is 5.91 Å². The van der Waals surface area contributed by atoms with Crippen LogP contribution in [-0.2, 0) is 4.79 Å². The van der Waals surface area contributed by atoms with Gasteiger partial charge in [0.25, 0.3) is 0 Å². The number of carbonyl (C=O) groups is 1. The molecule has 1 atom stereocenters. The van der Waals surface area contributed by atoms with Crippen LogP contribution in [-0.4, -0.2) is 60.6 Å². The van der Waals surface area contributed by atoms with E-state index in [9.17, 15) is 4.79 Å². The molecule has 0 spiro atoms. The van der Waals surface area contributed by atoms with E-state index < -0.39 is 0 Å². The molecule has 1 unspecified atom stereocenters. The van der Waals surface area contributed by atoms with Crippen molar-refractivity contribution in [3.05, 3.63) is 89.9 Å². The van der Waals surface area contributed by atoms with E-state index in [-0.39, 0.29) is 11.8 Å². The maximum absolute atomic E-state index is 13.6. The Morgan fingerprint density at radius 3 is 2.39 bits per heavy atom. The summed E-state index contributed by atoms with van der Waals surface area (Å²) in [7, 11) is 3.37. The normalized spacial score (nSPS) is 14.6. The van der Waals surface area contributed by atoms with Crippen LogP contribution in [0.3, 0.4) is 0 Å². The third kappa shape index (κ3) is 4.61. The first-order chi connectivity index (χ1) is 17.6. The Labute approximate surface area is 211 Å². The summed E-state index contributed by atoms with van der Waals surface area (Å²) in [5.74, 6) is 1.58. The highest BCUT2D eigenvalue weighted by molar-refractivity contribution is 5.78. The Morgan fingerprint density at radius 1 is 0.944 bits per heavy atom. The van der Waals surface area contributed by atoms with Crippen molar-refractivity contribution in [2.75, 3.05) is 45.3 Å². The fraction of sp³-hybridized carbons (Fsp3) is 0.310. The standard InChI is InChI=1S/C29H32N4O3/c1-21-12-13-33-25(20-30-28(33)18-21)23(22-8-4-6-10-26(22)35-2)19-29(34)32-16-14-31(15-17-32)24-9-5-7-11-27(24)36-3/h4-13,18,20,23H,14-17,19H2,1-3H3. The van der Waals surface area contributed by atoms with E-state index in [2.05, 4.69) is 39.4 Å². The van der Waals surface area contributed by atoms with Gasteiger partial charge in [0.1, 0.15) is 17.1 Å². The summed E-state index contributed by atoms with van der Waals surface area (Å²) in [5, 5.41) is 0. The van der Waals surface area contributed by atoms with Crippen molar-refractivity contribution >= 4 is 17.2 Å². The van der Waals surface area contributed by atoms with E-state index in [0.717, 1.165) is 52.7 Å². The zero-order valence-electron chi connectivity index (χ0n) is 21.1. The fourth-order valence-corrected chi connectivity index (χ4v) is 5.08. The molecule has 1 aliphatic heterocycles. The van der Waals surface area contributed by atoms with Gasteiger partial charge >= 0.3 is 0 Å². The fourth-order valence-electron chi connectivity index (χ4n) is 5.08. The number of methoxy groups -OCH3 is 2. The Kier molecular flexibility index (Phi) is 6.80. The zero-order chi connectivity index (χ0) is 25.1. The molecule has 1 saturated heterocycles. The number of aromatic nitrogens is 2. The van der Waals surface area contributed by atoms with Crippen LogP contribution in [0, 0.1) is 6.92 Å². The van der Waals surface area contributed by atoms with Crippen LogP contribution in [0.1, 0.15) is 29.2 Å². The molecular formula is C29H32N4O3. The Bertz CT molecular complexity index is 1360. The molecule has 2 aromatic heterocycles. The van der Waals surface area contributed by atoms with Crippen LogP contribution in [0.25, 0.3) is 5.65 Å². The molecule has 3 heterocycles. The summed E-state index contributed by atoms with van der Waals surface area (Å²) in [4.78, 5) is 22.5. The highest BCUT2D eigenvalue weighted by atomic mass is 16.5. The lowest BCUT2D eigenvalue weighted by Gasteiger charge is -2.37. The molecule has 4 aromatic rings. The molecule has 1 fully saturated rings. The number of hydrogen-bond acceptors (Lipinski definition) is 5. The van der Waals surface area contributed by atoms with E-state index in [1.165, 1.54) is 0 Å². The lowest BCUT2D eigenvalue weighted by Crippen LogP contribution is -2.49. The molecule has 0 radical (unpaired) electrons. The number of carbonyl (C=O) groups excluding carboxylic acids is 1. The maximum Gasteiger partial charge on any atom is 0.223 e. The molecule has 2 aromatic carbocycles. The van der Waals surface area contributed by atoms with Gasteiger partial charge in [-0.1, -0.05) is 30.3 Å². The number of anilines is 1. The quantitative estimate of drug-likeness (QED) is 0.386. The number of imidazole rings is 1. The lowest BCUT2D eigenvalue weighted by molar-refractivity contribution is -0.131. The first-order valence-electron chi connectivity index (χ1n) is 12.3. The molecule has 1 aliphatic rings. The summed E-state index contributed by atoms with van der Waals surface area (Å²) in [6, 6.07) is 20.1. The largest absolute Gasteiger partial charge is 0.496 e. The van der Waals surface area contributed by atoms with E-state index in [0.29, 0.717) is 19.5 Å². The van der Waals surface area contributed by atoms with Crippen LogP contribution < -0.4 is 14.4 Å². The molecular weight excluding hydrogens is 452 g/mol. The van der Waals surface area contributed by atoms with Crippen molar-refractivity contribution < 1.29 is 14.3 Å². The van der Waals surface area contributed by atoms with Gasteiger partial charge in [-0.15, -0.1) is 0 Å². The molecule has 7 nitrogen and oxygen atoms in total. The monoisotopic (exact) mass is 484 g/mol. The number of nitrogens with zero attached hydrogens (tertiary/aromatic N) is 4. The smallest absolute Gasteiger partial charge is 0.223 e. The summed E-state index contributed by atoms with van der Waals surface area (Å²) in [5.41, 5.74) is 5.07. The maximum atomic E-state index is 13.6. The van der Waals surface area contributed by atoms with Crippen molar-refractivity contribution in [2.24, 2.45) is 0 Å². The molecule has 0 saturated carbocycles. The zero-order valence-corrected chi connectivity index (χ0v) is 21.1. The predicted octanol–water partition coefficient (Wildman–Crippen LogP) is 4.53. The summed E-state index contributed by atoms with van der Waals surface area (Å²) in [6.07, 6.45) is 4.27. The minimum absolute atomic E-state index is 0.132. The number of ether oxygens (including phenoxy) is 2. The molecule has 186 valence electrons. The third-order valence-corrected chi connectivity index (χ3v) is 7.01. The molecule has 7 heteroatoms. The Hall–Kier alpha value is -4.00. The van der Waals surface area contributed by atoms with Gasteiger partial charge in [-0.2, -0.15) is 0 Å². The van der Waals surface area contributed by atoms with Gasteiger partial charge in [-0.05, 0) is 42.8 Å². The lowest BCUT2D eigenvalue weighted by atomic mass is 9.91. The van der Waals surface area contributed by atoms with Gasteiger partial charge in [-0.25, -0.2) is 4.98 Å². The molecule has 36 heavy (non-hydrogen) atoms. The van der Waals surface area contributed by atoms with E-state index in [4.69, 9.17) is 9.47 Å². The van der Waals surface area contributed by atoms with Gasteiger partial charge in [0.15, 0.2) is 0 Å². The first-order valence-corrected chi connectivity index (χ1v) is 12.3. The van der Waals surface area contributed by atoms with Gasteiger partial charge < -0.3 is 23.7 Å².